The van der Waals surface area contributed by atoms with Crippen molar-refractivity contribution in [2.24, 2.45) is 5.92 Å². The normalized spacial score (nSPS) is 25.0. The molecule has 1 saturated carbocycles. The molecule has 2 aliphatic rings. The maximum atomic E-state index is 13.6. The fourth-order valence-corrected chi connectivity index (χ4v) is 5.74. The average molecular weight is 439 g/mol. The van der Waals surface area contributed by atoms with Gasteiger partial charge >= 0.3 is 0 Å². The summed E-state index contributed by atoms with van der Waals surface area (Å²) in [5.41, 5.74) is 1.72. The molecule has 164 valence electrons. The molecule has 1 aliphatic carbocycles. The highest BCUT2D eigenvalue weighted by atomic mass is 32.2. The van der Waals surface area contributed by atoms with E-state index >= 15 is 0 Å². The molecule has 1 saturated heterocycles. The van der Waals surface area contributed by atoms with E-state index in [0.717, 1.165) is 22.6 Å². The number of benzene rings is 2. The Morgan fingerprint density at radius 1 is 1.03 bits per heavy atom. The number of thioether (sulfide) groups is 1. The Balaban J connectivity index is 1.69. The Kier molecular flexibility index (Phi) is 6.76. The van der Waals surface area contributed by atoms with E-state index in [4.69, 9.17) is 9.47 Å². The molecule has 2 aromatic rings. The molecule has 5 nitrogen and oxygen atoms in total. The number of carbonyl (C=O) groups excluding carboxylic acids is 1. The highest BCUT2D eigenvalue weighted by Crippen LogP contribution is 2.43. The highest BCUT2D eigenvalue weighted by Gasteiger charge is 2.43. The topological polar surface area (TPSA) is 50.8 Å². The minimum atomic E-state index is -0.136. The van der Waals surface area contributed by atoms with E-state index in [1.807, 2.05) is 54.6 Å². The molecule has 3 atom stereocenters. The van der Waals surface area contributed by atoms with Gasteiger partial charge in [0.05, 0.1) is 19.1 Å². The number of nitrogens with one attached hydrogen (secondary N) is 1. The van der Waals surface area contributed by atoms with Gasteiger partial charge in [-0.3, -0.25) is 4.79 Å². The van der Waals surface area contributed by atoms with Crippen LogP contribution in [0.5, 0.6) is 11.5 Å². The second-order valence-corrected chi connectivity index (χ2v) is 9.24. The Bertz CT molecular complexity index is 947. The molecule has 31 heavy (non-hydrogen) atoms. The summed E-state index contributed by atoms with van der Waals surface area (Å²) in [4.78, 5) is 16.4. The monoisotopic (exact) mass is 438 g/mol. The first kappa shape index (κ1) is 21.6. The number of ether oxygens (including phenoxy) is 2. The molecule has 2 aromatic carbocycles. The first-order valence-corrected chi connectivity index (χ1v) is 11.7. The zero-order valence-electron chi connectivity index (χ0n) is 18.3. The van der Waals surface area contributed by atoms with Gasteiger partial charge in [-0.25, -0.2) is 0 Å². The van der Waals surface area contributed by atoms with Crippen molar-refractivity contribution in [3.63, 3.8) is 0 Å². The predicted molar refractivity (Wildman–Crippen MR) is 127 cm³/mol. The van der Waals surface area contributed by atoms with Gasteiger partial charge in [0.15, 0.2) is 17.0 Å². The number of amides is 1. The van der Waals surface area contributed by atoms with Crippen LogP contribution in [0, 0.1) is 5.92 Å². The number of hydrogen-bond donors (Lipinski definition) is 1. The van der Waals surface area contributed by atoms with Crippen molar-refractivity contribution in [2.45, 2.75) is 44.1 Å². The summed E-state index contributed by atoms with van der Waals surface area (Å²) in [6, 6.07) is 16.1. The van der Waals surface area contributed by atoms with Crippen LogP contribution in [0.1, 0.15) is 38.2 Å². The average Bonchev–Trinajstić information content (AvgIpc) is 3.09. The Hall–Kier alpha value is -2.60. The Labute approximate surface area is 188 Å². The lowest BCUT2D eigenvalue weighted by Gasteiger charge is -2.39. The van der Waals surface area contributed by atoms with E-state index in [-0.39, 0.29) is 17.4 Å². The maximum Gasteiger partial charge on any atom is 0.262 e. The lowest BCUT2D eigenvalue weighted by Crippen LogP contribution is -2.48. The molecule has 0 spiro atoms. The van der Waals surface area contributed by atoms with Gasteiger partial charge in [-0.05, 0) is 43.0 Å². The van der Waals surface area contributed by atoms with Crippen molar-refractivity contribution in [1.82, 2.24) is 4.90 Å². The Morgan fingerprint density at radius 3 is 2.52 bits per heavy atom. The molecule has 0 bridgehead atoms. The quantitative estimate of drug-likeness (QED) is 0.596. The van der Waals surface area contributed by atoms with E-state index in [1.165, 1.54) is 19.3 Å². The van der Waals surface area contributed by atoms with Crippen LogP contribution in [0.4, 0.5) is 5.69 Å². The maximum absolute atomic E-state index is 13.6. The first-order chi connectivity index (χ1) is 15.1. The number of rotatable bonds is 6. The first-order valence-electron chi connectivity index (χ1n) is 10.9. The summed E-state index contributed by atoms with van der Waals surface area (Å²) in [7, 11) is 3.25. The van der Waals surface area contributed by atoms with Gasteiger partial charge < -0.3 is 19.7 Å². The molecule has 0 aromatic heterocycles. The number of nitrogens with zero attached hydrogens (tertiary/aromatic N) is 1. The molecule has 4 rings (SSSR count). The minimum absolute atomic E-state index is 0.0852. The van der Waals surface area contributed by atoms with Crippen LogP contribution >= 0.6 is 11.8 Å². The van der Waals surface area contributed by atoms with Gasteiger partial charge in [-0.2, -0.15) is 0 Å². The van der Waals surface area contributed by atoms with E-state index in [0.29, 0.717) is 17.4 Å². The molecule has 2 fully saturated rings. The third kappa shape index (κ3) is 4.54. The largest absolute Gasteiger partial charge is 0.493 e. The van der Waals surface area contributed by atoms with Crippen LogP contribution in [0.15, 0.2) is 53.4 Å². The summed E-state index contributed by atoms with van der Waals surface area (Å²) < 4.78 is 11.0. The molecular formula is C25H30N2O3S. The summed E-state index contributed by atoms with van der Waals surface area (Å²) in [5.74, 6) is 1.87. The fourth-order valence-electron chi connectivity index (χ4n) is 4.53. The van der Waals surface area contributed by atoms with E-state index in [1.54, 1.807) is 26.0 Å². The second-order valence-electron chi connectivity index (χ2n) is 8.11. The summed E-state index contributed by atoms with van der Waals surface area (Å²) >= 11 is 1.57. The zero-order valence-corrected chi connectivity index (χ0v) is 19.2. The van der Waals surface area contributed by atoms with Crippen LogP contribution < -0.4 is 14.8 Å². The SMILES string of the molecule is COc1cccc(/C=C2\SC(Nc3ccccc3)N([C@H]3CCCC[C@@H]3C)C2=O)c1OC. The fraction of sp³-hybridized carbons (Fsp3) is 0.400. The van der Waals surface area contributed by atoms with Gasteiger partial charge in [0, 0.05) is 17.3 Å². The van der Waals surface area contributed by atoms with E-state index in [9.17, 15) is 4.79 Å². The van der Waals surface area contributed by atoms with Crippen molar-refractivity contribution in [3.05, 3.63) is 59.0 Å². The van der Waals surface area contributed by atoms with E-state index in [2.05, 4.69) is 17.1 Å². The molecule has 1 amide bonds. The lowest BCUT2D eigenvalue weighted by atomic mass is 9.85. The Morgan fingerprint density at radius 2 is 1.81 bits per heavy atom. The van der Waals surface area contributed by atoms with E-state index < -0.39 is 0 Å². The molecule has 0 radical (unpaired) electrons. The standard InChI is InChI=1S/C25H30N2O3S/c1-17-10-7-8-14-20(17)27-24(28)22(31-25(27)26-19-12-5-4-6-13-19)16-18-11-9-15-21(29-2)23(18)30-3/h4-6,9,11-13,15-17,20,25-26H,7-8,10,14H2,1-3H3/b22-16-/t17-,20-,25?/m0/s1. The van der Waals surface area contributed by atoms with Gasteiger partial charge in [0.25, 0.3) is 5.91 Å². The number of methoxy groups -OCH3 is 2. The zero-order chi connectivity index (χ0) is 21.8. The number of anilines is 1. The van der Waals surface area contributed by atoms with Crippen LogP contribution in [0.2, 0.25) is 0 Å². The number of carbonyl (C=O) groups is 1. The van der Waals surface area contributed by atoms with Crippen molar-refractivity contribution < 1.29 is 14.3 Å². The lowest BCUT2D eigenvalue weighted by molar-refractivity contribution is -0.129. The molecule has 1 unspecified atom stereocenters. The number of hydrogen-bond acceptors (Lipinski definition) is 5. The smallest absolute Gasteiger partial charge is 0.262 e. The third-order valence-electron chi connectivity index (χ3n) is 6.14. The summed E-state index contributed by atoms with van der Waals surface area (Å²) in [6.07, 6.45) is 6.56. The third-order valence-corrected chi connectivity index (χ3v) is 7.26. The van der Waals surface area contributed by atoms with Crippen molar-refractivity contribution in [1.29, 1.82) is 0 Å². The van der Waals surface area contributed by atoms with Crippen LogP contribution in [0.3, 0.4) is 0 Å². The van der Waals surface area contributed by atoms with Gasteiger partial charge in [0.2, 0.25) is 0 Å². The summed E-state index contributed by atoms with van der Waals surface area (Å²) in [5, 5.41) is 3.58. The molecule has 1 aliphatic heterocycles. The van der Waals surface area contributed by atoms with Crippen molar-refractivity contribution in [3.8, 4) is 11.5 Å². The van der Waals surface area contributed by atoms with Gasteiger partial charge in [-0.15, -0.1) is 0 Å². The molecule has 6 heteroatoms. The molecule has 1 N–H and O–H groups in total. The van der Waals surface area contributed by atoms with Gasteiger partial charge in [-0.1, -0.05) is 61.9 Å². The predicted octanol–water partition coefficient (Wildman–Crippen LogP) is 5.59. The summed E-state index contributed by atoms with van der Waals surface area (Å²) in [6.45, 7) is 2.27. The van der Waals surface area contributed by atoms with Crippen molar-refractivity contribution in [2.75, 3.05) is 19.5 Å². The van der Waals surface area contributed by atoms with Crippen molar-refractivity contribution >= 4 is 29.4 Å². The van der Waals surface area contributed by atoms with Crippen LogP contribution in [0.25, 0.3) is 6.08 Å². The van der Waals surface area contributed by atoms with Crippen LogP contribution in [-0.4, -0.2) is 36.6 Å². The van der Waals surface area contributed by atoms with Gasteiger partial charge in [0.1, 0.15) is 0 Å². The second kappa shape index (κ2) is 9.69. The highest BCUT2D eigenvalue weighted by molar-refractivity contribution is 8.05. The number of para-hydroxylation sites is 2. The molecular weight excluding hydrogens is 408 g/mol. The molecule has 1 heterocycles. The van der Waals surface area contributed by atoms with Crippen LogP contribution in [-0.2, 0) is 4.79 Å². The minimum Gasteiger partial charge on any atom is -0.493 e.